The third-order valence-electron chi connectivity index (χ3n) is 5.73. The number of phenols is 1. The van der Waals surface area contributed by atoms with Crippen LogP contribution in [-0.4, -0.2) is 32.7 Å². The summed E-state index contributed by atoms with van der Waals surface area (Å²) in [4.78, 5) is 15.2. The predicted molar refractivity (Wildman–Crippen MR) is 114 cm³/mol. The number of fused-ring (bicyclic) bond motifs is 1. The Morgan fingerprint density at radius 2 is 1.83 bits per heavy atom. The van der Waals surface area contributed by atoms with Gasteiger partial charge in [-0.2, -0.15) is 5.10 Å². The molecule has 2 N–H and O–H groups in total. The molecule has 0 spiro atoms. The number of aromatic hydroxyl groups is 1. The zero-order valence-corrected chi connectivity index (χ0v) is 17.0. The first kappa shape index (κ1) is 19.2. The lowest BCUT2D eigenvalue weighted by atomic mass is 9.94. The second-order valence-electron chi connectivity index (χ2n) is 7.58. The Morgan fingerprint density at radius 1 is 1.07 bits per heavy atom. The zero-order valence-electron chi connectivity index (χ0n) is 17.0. The summed E-state index contributed by atoms with van der Waals surface area (Å²) in [7, 11) is 0. The van der Waals surface area contributed by atoms with Crippen molar-refractivity contribution in [2.24, 2.45) is 0 Å². The average molecular weight is 389 g/mol. The summed E-state index contributed by atoms with van der Waals surface area (Å²) < 4.78 is 0. The number of hydrogen-bond acceptors (Lipinski definition) is 3. The molecule has 1 aliphatic heterocycles. The van der Waals surface area contributed by atoms with Gasteiger partial charge in [-0.25, -0.2) is 0 Å². The highest BCUT2D eigenvalue weighted by Crippen LogP contribution is 2.44. The van der Waals surface area contributed by atoms with Crippen LogP contribution in [0.15, 0.2) is 48.5 Å². The molecule has 1 unspecified atom stereocenters. The molecule has 1 aromatic heterocycles. The quantitative estimate of drug-likeness (QED) is 0.554. The molecule has 150 valence electrons. The van der Waals surface area contributed by atoms with Gasteiger partial charge in [0, 0.05) is 17.7 Å². The molecule has 29 heavy (non-hydrogen) atoms. The third kappa shape index (κ3) is 3.41. The summed E-state index contributed by atoms with van der Waals surface area (Å²) in [5.74, 6) is 0.147. The van der Waals surface area contributed by atoms with Crippen molar-refractivity contribution in [1.29, 1.82) is 0 Å². The fourth-order valence-corrected chi connectivity index (χ4v) is 4.12. The number of amides is 1. The van der Waals surface area contributed by atoms with Gasteiger partial charge in [-0.05, 0) is 36.1 Å². The lowest BCUT2D eigenvalue weighted by Crippen LogP contribution is -2.30. The summed E-state index contributed by atoms with van der Waals surface area (Å²) in [6.07, 6.45) is 4.14. The molecule has 1 amide bonds. The molecule has 0 bridgehead atoms. The maximum Gasteiger partial charge on any atom is 0.273 e. The van der Waals surface area contributed by atoms with Crippen LogP contribution in [0.5, 0.6) is 5.75 Å². The molecular weight excluding hydrogens is 362 g/mol. The van der Waals surface area contributed by atoms with Gasteiger partial charge in [0.1, 0.15) is 17.1 Å². The largest absolute Gasteiger partial charge is 0.507 e. The van der Waals surface area contributed by atoms with Gasteiger partial charge in [0.2, 0.25) is 0 Å². The van der Waals surface area contributed by atoms with Gasteiger partial charge in [0.15, 0.2) is 0 Å². The van der Waals surface area contributed by atoms with Crippen LogP contribution in [0.3, 0.4) is 0 Å². The molecule has 2 aromatic carbocycles. The molecule has 0 saturated carbocycles. The molecule has 0 aliphatic carbocycles. The van der Waals surface area contributed by atoms with E-state index in [0.29, 0.717) is 23.5 Å². The van der Waals surface area contributed by atoms with Crippen LogP contribution in [0, 0.1) is 0 Å². The second kappa shape index (κ2) is 8.11. The number of nitrogens with one attached hydrogen (secondary N) is 1. The highest BCUT2D eigenvalue weighted by atomic mass is 16.3. The number of phenolic OH excluding ortho intramolecular Hbond substituents is 1. The van der Waals surface area contributed by atoms with E-state index >= 15 is 0 Å². The Hall–Kier alpha value is -3.08. The van der Waals surface area contributed by atoms with Crippen molar-refractivity contribution in [1.82, 2.24) is 15.1 Å². The average Bonchev–Trinajstić information content (AvgIpc) is 3.28. The van der Waals surface area contributed by atoms with E-state index in [1.165, 1.54) is 5.56 Å². The molecule has 3 aromatic rings. The van der Waals surface area contributed by atoms with Crippen LogP contribution in [-0.2, 0) is 6.42 Å². The van der Waals surface area contributed by atoms with Crippen LogP contribution >= 0.6 is 0 Å². The number of H-pyrrole nitrogens is 1. The van der Waals surface area contributed by atoms with E-state index in [0.717, 1.165) is 36.8 Å². The minimum absolute atomic E-state index is 0.0187. The van der Waals surface area contributed by atoms with Gasteiger partial charge in [-0.15, -0.1) is 0 Å². The van der Waals surface area contributed by atoms with Crippen LogP contribution in [0.1, 0.15) is 66.3 Å². The lowest BCUT2D eigenvalue weighted by Gasteiger charge is -2.26. The fourth-order valence-electron chi connectivity index (χ4n) is 4.12. The molecule has 1 aliphatic rings. The summed E-state index contributed by atoms with van der Waals surface area (Å²) in [5.41, 5.74) is 5.02. The summed E-state index contributed by atoms with van der Waals surface area (Å²) in [6, 6.07) is 15.4. The van der Waals surface area contributed by atoms with Crippen LogP contribution in [0.2, 0.25) is 0 Å². The molecule has 5 heteroatoms. The number of unbranched alkanes of at least 4 members (excludes halogenated alkanes) is 2. The predicted octanol–water partition coefficient (Wildman–Crippen LogP) is 5.08. The SMILES string of the molecule is CCCCCN1C(=O)c2[nH]nc(-c3ccccc3O)c2C1c1ccc(CC)cc1. The molecule has 2 heterocycles. The Bertz CT molecular complexity index is 1010. The van der Waals surface area contributed by atoms with Gasteiger partial charge in [-0.3, -0.25) is 9.89 Å². The molecule has 0 fully saturated rings. The van der Waals surface area contributed by atoms with Crippen LogP contribution < -0.4 is 0 Å². The number of para-hydroxylation sites is 1. The number of aryl methyl sites for hydroxylation is 1. The number of hydrogen-bond donors (Lipinski definition) is 2. The molecular formula is C24H27N3O2. The topological polar surface area (TPSA) is 69.2 Å². The number of nitrogens with zero attached hydrogens (tertiary/aromatic N) is 2. The van der Waals surface area contributed by atoms with Crippen molar-refractivity contribution in [3.63, 3.8) is 0 Å². The zero-order chi connectivity index (χ0) is 20.4. The van der Waals surface area contributed by atoms with Crippen LogP contribution in [0.4, 0.5) is 0 Å². The van der Waals surface area contributed by atoms with E-state index in [1.807, 2.05) is 17.0 Å². The molecule has 5 nitrogen and oxygen atoms in total. The van der Waals surface area contributed by atoms with E-state index in [-0.39, 0.29) is 17.7 Å². The first-order valence-electron chi connectivity index (χ1n) is 10.4. The Labute approximate surface area is 171 Å². The standard InChI is InChI=1S/C24H27N3O2/c1-3-5-8-15-27-23(17-13-11-16(4-2)12-14-17)20-21(25-26-22(20)24(27)29)18-9-6-7-10-19(18)28/h6-7,9-14,23,28H,3-5,8,15H2,1-2H3,(H,25,26). The van der Waals surface area contributed by atoms with Crippen molar-refractivity contribution in [3.8, 4) is 17.0 Å². The summed E-state index contributed by atoms with van der Waals surface area (Å²) in [5, 5.41) is 17.8. The minimum atomic E-state index is -0.200. The van der Waals surface area contributed by atoms with E-state index < -0.39 is 0 Å². The number of carbonyl (C=O) groups excluding carboxylic acids is 1. The lowest BCUT2D eigenvalue weighted by molar-refractivity contribution is 0.0740. The summed E-state index contributed by atoms with van der Waals surface area (Å²) in [6.45, 7) is 5.00. The van der Waals surface area contributed by atoms with Crippen molar-refractivity contribution < 1.29 is 9.90 Å². The van der Waals surface area contributed by atoms with E-state index in [1.54, 1.807) is 12.1 Å². The Morgan fingerprint density at radius 3 is 2.52 bits per heavy atom. The smallest absolute Gasteiger partial charge is 0.273 e. The molecule has 0 saturated heterocycles. The number of rotatable bonds is 7. The molecule has 4 rings (SSSR count). The Kier molecular flexibility index (Phi) is 5.38. The van der Waals surface area contributed by atoms with Crippen molar-refractivity contribution in [2.45, 2.75) is 45.6 Å². The first-order valence-corrected chi connectivity index (χ1v) is 10.4. The third-order valence-corrected chi connectivity index (χ3v) is 5.73. The molecule has 1 atom stereocenters. The normalized spacial score (nSPS) is 15.7. The summed E-state index contributed by atoms with van der Waals surface area (Å²) >= 11 is 0. The van der Waals surface area contributed by atoms with Gasteiger partial charge in [0.05, 0.1) is 6.04 Å². The van der Waals surface area contributed by atoms with Gasteiger partial charge in [0.25, 0.3) is 5.91 Å². The van der Waals surface area contributed by atoms with Crippen molar-refractivity contribution in [2.75, 3.05) is 6.54 Å². The monoisotopic (exact) mass is 389 g/mol. The van der Waals surface area contributed by atoms with E-state index in [4.69, 9.17) is 0 Å². The van der Waals surface area contributed by atoms with Gasteiger partial charge < -0.3 is 10.0 Å². The van der Waals surface area contributed by atoms with Gasteiger partial charge >= 0.3 is 0 Å². The maximum absolute atomic E-state index is 13.2. The fraction of sp³-hybridized carbons (Fsp3) is 0.333. The number of aromatic amines is 1. The number of aromatic nitrogens is 2. The second-order valence-corrected chi connectivity index (χ2v) is 7.58. The minimum Gasteiger partial charge on any atom is -0.507 e. The van der Waals surface area contributed by atoms with Crippen molar-refractivity contribution >= 4 is 5.91 Å². The Balaban J connectivity index is 1.82. The maximum atomic E-state index is 13.2. The number of benzene rings is 2. The van der Waals surface area contributed by atoms with Crippen molar-refractivity contribution in [3.05, 3.63) is 70.9 Å². The van der Waals surface area contributed by atoms with Gasteiger partial charge in [-0.1, -0.05) is 63.1 Å². The van der Waals surface area contributed by atoms with E-state index in [2.05, 4.69) is 48.3 Å². The first-order chi connectivity index (χ1) is 14.2. The molecule has 0 radical (unpaired) electrons. The number of carbonyl (C=O) groups is 1. The van der Waals surface area contributed by atoms with Crippen LogP contribution in [0.25, 0.3) is 11.3 Å². The highest BCUT2D eigenvalue weighted by molar-refractivity contribution is 6.00. The highest BCUT2D eigenvalue weighted by Gasteiger charge is 2.42. The van der Waals surface area contributed by atoms with E-state index in [9.17, 15) is 9.90 Å².